The molecule has 0 radical (unpaired) electrons. The smallest absolute Gasteiger partial charge is 0.321 e. The lowest BCUT2D eigenvalue weighted by atomic mass is 10.2. The Kier molecular flexibility index (Phi) is 6.15. The first-order chi connectivity index (χ1) is 10.5. The maximum Gasteiger partial charge on any atom is 0.321 e. The number of carbonyl (C=O) groups excluding carboxylic acids is 1. The van der Waals surface area contributed by atoms with Crippen molar-refractivity contribution in [1.82, 2.24) is 9.80 Å². The van der Waals surface area contributed by atoms with Crippen LogP contribution in [-0.2, 0) is 6.54 Å². The van der Waals surface area contributed by atoms with Gasteiger partial charge in [0.1, 0.15) is 0 Å². The highest BCUT2D eigenvalue weighted by Gasteiger charge is 2.29. The number of carbonyl (C=O) groups is 1. The second-order valence-electron chi connectivity index (χ2n) is 6.30. The molecule has 0 saturated heterocycles. The molecule has 1 aliphatic rings. The summed E-state index contributed by atoms with van der Waals surface area (Å²) < 4.78 is 0. The highest BCUT2D eigenvalue weighted by atomic mass is 32.2. The maximum atomic E-state index is 12.4. The normalized spacial score (nSPS) is 21.1. The molecule has 1 aromatic rings. The fraction of sp³-hybridized carbons (Fsp3) is 0.588. The molecular weight excluding hydrogens is 294 g/mol. The second kappa shape index (κ2) is 7.88. The predicted molar refractivity (Wildman–Crippen MR) is 95.6 cm³/mol. The van der Waals surface area contributed by atoms with Crippen LogP contribution in [0.1, 0.15) is 24.8 Å². The summed E-state index contributed by atoms with van der Waals surface area (Å²) in [7, 11) is 5.99. The summed E-state index contributed by atoms with van der Waals surface area (Å²) in [5.74, 6) is 0. The Morgan fingerprint density at radius 1 is 1.32 bits per heavy atom. The molecule has 0 heterocycles. The van der Waals surface area contributed by atoms with E-state index in [1.165, 1.54) is 12.0 Å². The van der Waals surface area contributed by atoms with Gasteiger partial charge in [-0.25, -0.2) is 4.79 Å². The number of hydrogen-bond donors (Lipinski definition) is 1. The van der Waals surface area contributed by atoms with Gasteiger partial charge in [0.15, 0.2) is 0 Å². The molecule has 0 aromatic heterocycles. The lowest BCUT2D eigenvalue weighted by molar-refractivity contribution is 0.205. The zero-order valence-corrected chi connectivity index (χ0v) is 14.8. The van der Waals surface area contributed by atoms with Gasteiger partial charge in [-0.1, -0.05) is 12.1 Å². The van der Waals surface area contributed by atoms with Gasteiger partial charge in [-0.05, 0) is 57.3 Å². The minimum atomic E-state index is -0.00578. The molecule has 5 heteroatoms. The molecule has 1 aliphatic carbocycles. The third kappa shape index (κ3) is 4.65. The number of hydrogen-bond acceptors (Lipinski definition) is 3. The number of nitrogens with zero attached hydrogens (tertiary/aromatic N) is 2. The first-order valence-electron chi connectivity index (χ1n) is 7.80. The van der Waals surface area contributed by atoms with E-state index in [0.717, 1.165) is 25.1 Å². The maximum absolute atomic E-state index is 12.4. The van der Waals surface area contributed by atoms with Gasteiger partial charge >= 0.3 is 6.03 Å². The Morgan fingerprint density at radius 2 is 2.09 bits per heavy atom. The van der Waals surface area contributed by atoms with E-state index >= 15 is 0 Å². The van der Waals surface area contributed by atoms with Crippen LogP contribution in [0.25, 0.3) is 0 Å². The van der Waals surface area contributed by atoms with Crippen molar-refractivity contribution in [3.05, 3.63) is 29.8 Å². The van der Waals surface area contributed by atoms with Crippen molar-refractivity contribution in [3.63, 3.8) is 0 Å². The molecule has 1 fully saturated rings. The zero-order chi connectivity index (χ0) is 16.1. The van der Waals surface area contributed by atoms with E-state index in [0.29, 0.717) is 11.3 Å². The molecule has 0 bridgehead atoms. The van der Waals surface area contributed by atoms with Gasteiger partial charge in [-0.3, -0.25) is 0 Å². The van der Waals surface area contributed by atoms with E-state index in [1.54, 1.807) is 0 Å². The first-order valence-corrected chi connectivity index (χ1v) is 9.08. The number of anilines is 1. The molecule has 122 valence electrons. The molecule has 1 saturated carbocycles. The van der Waals surface area contributed by atoms with Crippen LogP contribution in [0.4, 0.5) is 10.5 Å². The van der Waals surface area contributed by atoms with Crippen molar-refractivity contribution in [3.8, 4) is 0 Å². The van der Waals surface area contributed by atoms with E-state index in [1.807, 2.05) is 56.0 Å². The molecule has 1 N–H and O–H groups in total. The number of urea groups is 1. The van der Waals surface area contributed by atoms with Gasteiger partial charge in [-0.15, -0.1) is 0 Å². The quantitative estimate of drug-likeness (QED) is 0.901. The van der Waals surface area contributed by atoms with E-state index < -0.39 is 0 Å². The first kappa shape index (κ1) is 17.2. The van der Waals surface area contributed by atoms with Crippen LogP contribution in [0.5, 0.6) is 0 Å². The third-order valence-corrected chi connectivity index (χ3v) is 5.33. The zero-order valence-electron chi connectivity index (χ0n) is 14.0. The van der Waals surface area contributed by atoms with Gasteiger partial charge in [0.05, 0.1) is 0 Å². The fourth-order valence-electron chi connectivity index (χ4n) is 2.97. The fourth-order valence-corrected chi connectivity index (χ4v) is 3.76. The van der Waals surface area contributed by atoms with Gasteiger partial charge in [-0.2, -0.15) is 11.8 Å². The second-order valence-corrected chi connectivity index (χ2v) is 7.44. The standard InChI is InChI=1S/C17H27N3OS/c1-19(2)12-13-6-5-7-14(10-13)18-17(21)20(3)15-8-9-16(11-15)22-4/h5-7,10,15-16H,8-9,11-12H2,1-4H3,(H,18,21)/t15-,16+/m1/s1. The van der Waals surface area contributed by atoms with Crippen LogP contribution in [-0.4, -0.2) is 54.5 Å². The van der Waals surface area contributed by atoms with E-state index in [4.69, 9.17) is 0 Å². The Morgan fingerprint density at radius 3 is 2.73 bits per heavy atom. The van der Waals surface area contributed by atoms with Crippen molar-refractivity contribution < 1.29 is 4.79 Å². The van der Waals surface area contributed by atoms with Crippen molar-refractivity contribution in [2.75, 3.05) is 32.7 Å². The largest absolute Gasteiger partial charge is 0.325 e. The highest BCUT2D eigenvalue weighted by Crippen LogP contribution is 2.31. The molecule has 2 amide bonds. The van der Waals surface area contributed by atoms with Gasteiger partial charge < -0.3 is 15.1 Å². The van der Waals surface area contributed by atoms with Crippen LogP contribution >= 0.6 is 11.8 Å². The summed E-state index contributed by atoms with van der Waals surface area (Å²) in [6.45, 7) is 0.873. The lowest BCUT2D eigenvalue weighted by Crippen LogP contribution is -2.38. The SMILES string of the molecule is CS[C@H]1CC[C@@H](N(C)C(=O)Nc2cccc(CN(C)C)c2)C1. The average Bonchev–Trinajstić information content (AvgIpc) is 2.95. The van der Waals surface area contributed by atoms with Crippen LogP contribution < -0.4 is 5.32 Å². The summed E-state index contributed by atoms with van der Waals surface area (Å²) in [6.07, 6.45) is 5.58. The number of nitrogens with one attached hydrogen (secondary N) is 1. The monoisotopic (exact) mass is 321 g/mol. The summed E-state index contributed by atoms with van der Waals surface area (Å²) in [5, 5.41) is 3.72. The molecule has 1 aromatic carbocycles. The van der Waals surface area contributed by atoms with Crippen molar-refractivity contribution in [1.29, 1.82) is 0 Å². The number of rotatable bonds is 5. The van der Waals surface area contributed by atoms with Gasteiger partial charge in [0.25, 0.3) is 0 Å². The van der Waals surface area contributed by atoms with E-state index in [-0.39, 0.29) is 6.03 Å². The predicted octanol–water partition coefficient (Wildman–Crippen LogP) is 3.50. The Labute approximate surface area is 138 Å². The number of benzene rings is 1. The summed E-state index contributed by atoms with van der Waals surface area (Å²) in [5.41, 5.74) is 2.07. The minimum Gasteiger partial charge on any atom is -0.325 e. The molecule has 22 heavy (non-hydrogen) atoms. The lowest BCUT2D eigenvalue weighted by Gasteiger charge is -2.25. The molecular formula is C17H27N3OS. The minimum absolute atomic E-state index is 0.00578. The van der Waals surface area contributed by atoms with Crippen molar-refractivity contribution in [2.24, 2.45) is 0 Å². The van der Waals surface area contributed by atoms with Crippen molar-refractivity contribution in [2.45, 2.75) is 37.1 Å². The Hall–Kier alpha value is -1.20. The van der Waals surface area contributed by atoms with Crippen LogP contribution in [0.15, 0.2) is 24.3 Å². The molecule has 0 aliphatic heterocycles. The van der Waals surface area contributed by atoms with Crippen LogP contribution in [0, 0.1) is 0 Å². The Balaban J connectivity index is 1.94. The van der Waals surface area contributed by atoms with Crippen LogP contribution in [0.3, 0.4) is 0 Å². The summed E-state index contributed by atoms with van der Waals surface area (Å²) >= 11 is 1.91. The average molecular weight is 321 g/mol. The van der Waals surface area contributed by atoms with Gasteiger partial charge in [0.2, 0.25) is 0 Å². The summed E-state index contributed by atoms with van der Waals surface area (Å²) in [4.78, 5) is 16.4. The topological polar surface area (TPSA) is 35.6 Å². The molecule has 0 unspecified atom stereocenters. The van der Waals surface area contributed by atoms with Crippen LogP contribution in [0.2, 0.25) is 0 Å². The highest BCUT2D eigenvalue weighted by molar-refractivity contribution is 7.99. The van der Waals surface area contributed by atoms with Gasteiger partial charge in [0, 0.05) is 30.6 Å². The third-order valence-electron chi connectivity index (χ3n) is 4.24. The molecule has 2 atom stereocenters. The van der Waals surface area contributed by atoms with E-state index in [2.05, 4.69) is 22.5 Å². The Bertz CT molecular complexity index is 506. The summed E-state index contributed by atoms with van der Waals surface area (Å²) in [6, 6.07) is 8.43. The van der Waals surface area contributed by atoms with Crippen molar-refractivity contribution >= 4 is 23.5 Å². The van der Waals surface area contributed by atoms with E-state index in [9.17, 15) is 4.79 Å². The molecule has 4 nitrogen and oxygen atoms in total. The molecule has 0 spiro atoms. The number of thioether (sulfide) groups is 1. The molecule has 2 rings (SSSR count). The number of amides is 2.